The van der Waals surface area contributed by atoms with E-state index in [-0.39, 0.29) is 12.7 Å². The topological polar surface area (TPSA) is 99.9 Å². The van der Waals surface area contributed by atoms with Crippen LogP contribution in [0.2, 0.25) is 0 Å². The number of amides is 2. The zero-order valence-electron chi connectivity index (χ0n) is 16.9. The number of ether oxygens (including phenoxy) is 3. The lowest BCUT2D eigenvalue weighted by Crippen LogP contribution is -2.44. The van der Waals surface area contributed by atoms with E-state index in [4.69, 9.17) is 19.9 Å². The molecule has 0 aliphatic heterocycles. The van der Waals surface area contributed by atoms with Crippen molar-refractivity contribution in [1.82, 2.24) is 5.32 Å². The van der Waals surface area contributed by atoms with Crippen LogP contribution >= 0.6 is 0 Å². The number of primary amides is 1. The fourth-order valence-electron chi connectivity index (χ4n) is 2.69. The Labute approximate surface area is 171 Å². The smallest absolute Gasteiger partial charge is 0.252 e. The third-order valence-electron chi connectivity index (χ3n) is 4.22. The van der Waals surface area contributed by atoms with Crippen LogP contribution in [0.5, 0.6) is 11.5 Å². The summed E-state index contributed by atoms with van der Waals surface area (Å²) in [5.41, 5.74) is 6.63. The molecular formula is C22H28N2O5. The number of para-hydroxylation sites is 1. The molecule has 2 amide bonds. The summed E-state index contributed by atoms with van der Waals surface area (Å²) < 4.78 is 16.1. The number of hydrogen-bond donors (Lipinski definition) is 2. The third-order valence-corrected chi connectivity index (χ3v) is 4.22. The summed E-state index contributed by atoms with van der Waals surface area (Å²) in [7, 11) is 0. The van der Waals surface area contributed by atoms with Crippen LogP contribution in [-0.4, -0.2) is 37.9 Å². The molecule has 3 N–H and O–H groups in total. The van der Waals surface area contributed by atoms with Gasteiger partial charge < -0.3 is 25.3 Å². The van der Waals surface area contributed by atoms with Gasteiger partial charge in [0.05, 0.1) is 0 Å². The first-order chi connectivity index (χ1) is 14.0. The molecule has 0 saturated carbocycles. The Morgan fingerprint density at radius 3 is 2.48 bits per heavy atom. The molecule has 0 heterocycles. The Kier molecular flexibility index (Phi) is 9.14. The molecule has 7 heteroatoms. The average Bonchev–Trinajstić information content (AvgIpc) is 2.70. The zero-order valence-corrected chi connectivity index (χ0v) is 16.9. The molecule has 0 spiro atoms. The standard InChI is InChI=1S/C22H28N2O5/c1-3-27-15-28-13-7-10-20(21(23)25)24-22(26)19-12-11-18(14-16(19)2)29-17-8-5-4-6-9-17/h4-6,8-9,11-12,14,20H,3,7,10,13,15H2,1-2H3,(H2,23,25)(H,24,26)/t20-/m0/s1. The number of carbonyl (C=O) groups excluding carboxylic acids is 2. The number of nitrogens with two attached hydrogens (primary N) is 1. The van der Waals surface area contributed by atoms with Crippen LogP contribution in [0.15, 0.2) is 48.5 Å². The van der Waals surface area contributed by atoms with Crippen LogP contribution in [0.4, 0.5) is 0 Å². The third kappa shape index (κ3) is 7.56. The molecule has 0 fully saturated rings. The summed E-state index contributed by atoms with van der Waals surface area (Å²) in [6, 6.07) is 13.8. The fourth-order valence-corrected chi connectivity index (χ4v) is 2.69. The van der Waals surface area contributed by atoms with Crippen LogP contribution in [0, 0.1) is 6.92 Å². The molecule has 0 saturated heterocycles. The molecule has 2 aromatic rings. The summed E-state index contributed by atoms with van der Waals surface area (Å²) in [5, 5.41) is 2.70. The van der Waals surface area contributed by atoms with Gasteiger partial charge >= 0.3 is 0 Å². The molecular weight excluding hydrogens is 372 g/mol. The molecule has 0 aromatic heterocycles. The van der Waals surface area contributed by atoms with Crippen LogP contribution in [-0.2, 0) is 14.3 Å². The number of aryl methyl sites for hydroxylation is 1. The van der Waals surface area contributed by atoms with Gasteiger partial charge in [-0.05, 0) is 62.6 Å². The van der Waals surface area contributed by atoms with E-state index in [0.717, 1.165) is 5.56 Å². The molecule has 7 nitrogen and oxygen atoms in total. The average molecular weight is 400 g/mol. The Bertz CT molecular complexity index is 795. The van der Waals surface area contributed by atoms with Crippen molar-refractivity contribution >= 4 is 11.8 Å². The Balaban J connectivity index is 1.92. The number of carbonyl (C=O) groups is 2. The Hall–Kier alpha value is -2.90. The molecule has 0 aliphatic carbocycles. The first kappa shape index (κ1) is 22.4. The largest absolute Gasteiger partial charge is 0.457 e. The summed E-state index contributed by atoms with van der Waals surface area (Å²) >= 11 is 0. The van der Waals surface area contributed by atoms with E-state index < -0.39 is 11.9 Å². The maximum atomic E-state index is 12.6. The van der Waals surface area contributed by atoms with Gasteiger partial charge in [-0.1, -0.05) is 18.2 Å². The van der Waals surface area contributed by atoms with Gasteiger partial charge in [-0.3, -0.25) is 9.59 Å². The van der Waals surface area contributed by atoms with Crippen molar-refractivity contribution in [3.63, 3.8) is 0 Å². The second kappa shape index (κ2) is 11.8. The highest BCUT2D eigenvalue weighted by Gasteiger charge is 2.20. The quantitative estimate of drug-likeness (QED) is 0.421. The predicted octanol–water partition coefficient (Wildman–Crippen LogP) is 3.16. The maximum Gasteiger partial charge on any atom is 0.252 e. The lowest BCUT2D eigenvalue weighted by atomic mass is 10.1. The van der Waals surface area contributed by atoms with Gasteiger partial charge in [-0.2, -0.15) is 0 Å². The number of rotatable bonds is 12. The molecule has 156 valence electrons. The maximum absolute atomic E-state index is 12.6. The molecule has 2 aromatic carbocycles. The zero-order chi connectivity index (χ0) is 21.1. The van der Waals surface area contributed by atoms with Gasteiger partial charge in [0, 0.05) is 18.8 Å². The first-order valence-corrected chi connectivity index (χ1v) is 9.60. The molecule has 0 aliphatic rings. The lowest BCUT2D eigenvalue weighted by molar-refractivity contribution is -0.120. The number of benzene rings is 2. The van der Waals surface area contributed by atoms with Gasteiger partial charge in [0.2, 0.25) is 5.91 Å². The van der Waals surface area contributed by atoms with Crippen molar-refractivity contribution in [2.24, 2.45) is 5.73 Å². The van der Waals surface area contributed by atoms with E-state index in [1.165, 1.54) is 0 Å². The van der Waals surface area contributed by atoms with E-state index in [0.29, 0.717) is 43.1 Å². The SMILES string of the molecule is CCOCOCCC[C@H](NC(=O)c1ccc(Oc2ccccc2)cc1C)C(N)=O. The molecule has 2 rings (SSSR count). The molecule has 29 heavy (non-hydrogen) atoms. The van der Waals surface area contributed by atoms with E-state index in [1.54, 1.807) is 18.2 Å². The molecule has 1 atom stereocenters. The summed E-state index contributed by atoms with van der Waals surface area (Å²) in [6.45, 7) is 4.90. The van der Waals surface area contributed by atoms with Crippen LogP contribution in [0.1, 0.15) is 35.7 Å². The van der Waals surface area contributed by atoms with Gasteiger partial charge in [-0.15, -0.1) is 0 Å². The van der Waals surface area contributed by atoms with Crippen molar-refractivity contribution in [3.8, 4) is 11.5 Å². The second-order valence-electron chi connectivity index (χ2n) is 6.48. The molecule has 0 bridgehead atoms. The minimum absolute atomic E-state index is 0.209. The van der Waals surface area contributed by atoms with Crippen molar-refractivity contribution in [1.29, 1.82) is 0 Å². The van der Waals surface area contributed by atoms with Crippen LogP contribution < -0.4 is 15.8 Å². The Morgan fingerprint density at radius 2 is 1.83 bits per heavy atom. The second-order valence-corrected chi connectivity index (χ2v) is 6.48. The van der Waals surface area contributed by atoms with Crippen LogP contribution in [0.3, 0.4) is 0 Å². The van der Waals surface area contributed by atoms with Crippen molar-refractivity contribution in [3.05, 3.63) is 59.7 Å². The van der Waals surface area contributed by atoms with Gasteiger partial charge in [0.15, 0.2) is 0 Å². The van der Waals surface area contributed by atoms with Gasteiger partial charge in [-0.25, -0.2) is 0 Å². The van der Waals surface area contributed by atoms with E-state index in [1.807, 2.05) is 44.2 Å². The van der Waals surface area contributed by atoms with Crippen molar-refractivity contribution in [2.75, 3.05) is 20.0 Å². The first-order valence-electron chi connectivity index (χ1n) is 9.60. The monoisotopic (exact) mass is 400 g/mol. The lowest BCUT2D eigenvalue weighted by Gasteiger charge is -2.17. The summed E-state index contributed by atoms with van der Waals surface area (Å²) in [6.07, 6.45) is 0.964. The summed E-state index contributed by atoms with van der Waals surface area (Å²) in [4.78, 5) is 24.3. The van der Waals surface area contributed by atoms with E-state index in [2.05, 4.69) is 5.32 Å². The number of nitrogens with one attached hydrogen (secondary N) is 1. The highest BCUT2D eigenvalue weighted by atomic mass is 16.7. The van der Waals surface area contributed by atoms with Crippen LogP contribution in [0.25, 0.3) is 0 Å². The minimum atomic E-state index is -0.766. The molecule has 0 radical (unpaired) electrons. The summed E-state index contributed by atoms with van der Waals surface area (Å²) in [5.74, 6) is 0.408. The number of hydrogen-bond acceptors (Lipinski definition) is 5. The van der Waals surface area contributed by atoms with Crippen molar-refractivity contribution < 1.29 is 23.8 Å². The van der Waals surface area contributed by atoms with Gasteiger partial charge in [0.25, 0.3) is 5.91 Å². The van der Waals surface area contributed by atoms with Gasteiger partial charge in [0.1, 0.15) is 24.3 Å². The van der Waals surface area contributed by atoms with E-state index in [9.17, 15) is 9.59 Å². The fraction of sp³-hybridized carbons (Fsp3) is 0.364. The normalized spacial score (nSPS) is 11.7. The molecule has 0 unspecified atom stereocenters. The Morgan fingerprint density at radius 1 is 1.07 bits per heavy atom. The van der Waals surface area contributed by atoms with E-state index >= 15 is 0 Å². The minimum Gasteiger partial charge on any atom is -0.457 e. The predicted molar refractivity (Wildman–Crippen MR) is 110 cm³/mol. The highest BCUT2D eigenvalue weighted by Crippen LogP contribution is 2.23. The van der Waals surface area contributed by atoms with Crippen molar-refractivity contribution in [2.45, 2.75) is 32.7 Å². The highest BCUT2D eigenvalue weighted by molar-refractivity contribution is 5.98.